The first-order valence-corrected chi connectivity index (χ1v) is 8.95. The van der Waals surface area contributed by atoms with Crippen molar-refractivity contribution < 1.29 is 18.8 Å². The molecule has 9 heteroatoms. The number of piperazine rings is 1. The summed E-state index contributed by atoms with van der Waals surface area (Å²) in [7, 11) is 0. The fourth-order valence-electron chi connectivity index (χ4n) is 3.07. The van der Waals surface area contributed by atoms with Gasteiger partial charge in [-0.3, -0.25) is 9.69 Å². The maximum Gasteiger partial charge on any atom is 0.253 e. The summed E-state index contributed by atoms with van der Waals surface area (Å²) >= 11 is 0. The Balaban J connectivity index is 1.45. The molecule has 9 nitrogen and oxygen atoms in total. The molecule has 1 N–H and O–H groups in total. The van der Waals surface area contributed by atoms with Gasteiger partial charge in [0.2, 0.25) is 5.89 Å². The molecule has 2 unspecified atom stereocenters. The molecule has 1 amide bonds. The van der Waals surface area contributed by atoms with E-state index in [0.29, 0.717) is 51.1 Å². The van der Waals surface area contributed by atoms with Crippen LogP contribution in [0.3, 0.4) is 0 Å². The lowest BCUT2D eigenvalue weighted by atomic mass is 10.2. The van der Waals surface area contributed by atoms with Gasteiger partial charge in [0.05, 0.1) is 13.2 Å². The summed E-state index contributed by atoms with van der Waals surface area (Å²) in [4.78, 5) is 20.9. The Hall–Kier alpha value is -1.55. The van der Waals surface area contributed by atoms with Crippen molar-refractivity contribution in [1.29, 1.82) is 0 Å². The van der Waals surface area contributed by atoms with Gasteiger partial charge in [-0.15, -0.1) is 0 Å². The molecule has 1 aromatic rings. The highest BCUT2D eigenvalue weighted by Crippen LogP contribution is 2.15. The first-order chi connectivity index (χ1) is 12.2. The largest absolute Gasteiger partial charge is 0.371 e. The third-order valence-corrected chi connectivity index (χ3v) is 4.51. The van der Waals surface area contributed by atoms with Gasteiger partial charge >= 0.3 is 0 Å². The summed E-state index contributed by atoms with van der Waals surface area (Å²) in [5.41, 5.74) is 0. The lowest BCUT2D eigenvalue weighted by Gasteiger charge is -2.36. The normalized spacial score (nSPS) is 23.6. The van der Waals surface area contributed by atoms with Crippen molar-refractivity contribution in [1.82, 2.24) is 25.3 Å². The van der Waals surface area contributed by atoms with E-state index in [2.05, 4.69) is 20.4 Å². The molecule has 0 aliphatic carbocycles. The van der Waals surface area contributed by atoms with Crippen LogP contribution in [0.1, 0.15) is 31.7 Å². The van der Waals surface area contributed by atoms with E-state index >= 15 is 0 Å². The summed E-state index contributed by atoms with van der Waals surface area (Å²) in [6, 6.07) is 0. The van der Waals surface area contributed by atoms with Crippen LogP contribution in [0.4, 0.5) is 0 Å². The van der Waals surface area contributed by atoms with Crippen molar-refractivity contribution in [2.75, 3.05) is 52.5 Å². The number of nitrogens with one attached hydrogen (secondary N) is 1. The van der Waals surface area contributed by atoms with E-state index in [1.807, 2.05) is 18.7 Å². The molecular weight excluding hydrogens is 326 g/mol. The summed E-state index contributed by atoms with van der Waals surface area (Å²) in [5.74, 6) is 1.24. The molecule has 1 aromatic heterocycles. The molecule has 0 bridgehead atoms. The number of aromatic nitrogens is 2. The zero-order valence-electron chi connectivity index (χ0n) is 14.9. The van der Waals surface area contributed by atoms with Gasteiger partial charge in [-0.2, -0.15) is 4.98 Å². The number of hydrogen-bond acceptors (Lipinski definition) is 8. The van der Waals surface area contributed by atoms with E-state index in [-0.39, 0.29) is 18.1 Å². The van der Waals surface area contributed by atoms with Crippen molar-refractivity contribution in [2.24, 2.45) is 0 Å². The first-order valence-electron chi connectivity index (χ1n) is 8.95. The van der Waals surface area contributed by atoms with Crippen LogP contribution in [0.2, 0.25) is 0 Å². The van der Waals surface area contributed by atoms with Crippen LogP contribution in [-0.2, 0) is 20.8 Å². The van der Waals surface area contributed by atoms with Gasteiger partial charge in [0.1, 0.15) is 12.2 Å². The average Bonchev–Trinajstić information content (AvgIpc) is 3.11. The Labute approximate surface area is 147 Å². The quantitative estimate of drug-likeness (QED) is 0.752. The zero-order valence-corrected chi connectivity index (χ0v) is 14.9. The van der Waals surface area contributed by atoms with E-state index in [1.165, 1.54) is 0 Å². The molecule has 0 aromatic carbocycles. The van der Waals surface area contributed by atoms with Crippen LogP contribution >= 0.6 is 0 Å². The Morgan fingerprint density at radius 1 is 1.40 bits per heavy atom. The molecule has 2 fully saturated rings. The van der Waals surface area contributed by atoms with E-state index in [0.717, 1.165) is 19.6 Å². The zero-order chi connectivity index (χ0) is 17.6. The highest BCUT2D eigenvalue weighted by Gasteiger charge is 2.29. The van der Waals surface area contributed by atoms with Crippen LogP contribution in [0.15, 0.2) is 4.52 Å². The van der Waals surface area contributed by atoms with Crippen LogP contribution in [0.5, 0.6) is 0 Å². The molecular formula is C16H27N5O4. The predicted octanol–water partition coefficient (Wildman–Crippen LogP) is -0.200. The van der Waals surface area contributed by atoms with Crippen molar-refractivity contribution in [3.05, 3.63) is 11.7 Å². The van der Waals surface area contributed by atoms with E-state index < -0.39 is 0 Å². The number of nitrogens with zero attached hydrogens (tertiary/aromatic N) is 4. The molecule has 140 valence electrons. The second-order valence-electron chi connectivity index (χ2n) is 6.31. The molecule has 2 saturated heterocycles. The number of rotatable bonds is 6. The van der Waals surface area contributed by atoms with Gasteiger partial charge in [0.25, 0.3) is 5.91 Å². The maximum atomic E-state index is 12.4. The number of hydrogen-bond donors (Lipinski definition) is 1. The number of morpholine rings is 1. The van der Waals surface area contributed by atoms with Crippen molar-refractivity contribution in [2.45, 2.75) is 32.6 Å². The molecule has 3 heterocycles. The predicted molar refractivity (Wildman–Crippen MR) is 88.8 cm³/mol. The van der Waals surface area contributed by atoms with Gasteiger partial charge in [0.15, 0.2) is 5.82 Å². The van der Waals surface area contributed by atoms with Gasteiger partial charge in [-0.05, 0) is 13.8 Å². The number of ether oxygens (including phenoxy) is 2. The molecule has 25 heavy (non-hydrogen) atoms. The van der Waals surface area contributed by atoms with Crippen molar-refractivity contribution in [3.8, 4) is 0 Å². The highest BCUT2D eigenvalue weighted by atomic mass is 16.5. The highest BCUT2D eigenvalue weighted by molar-refractivity contribution is 5.81. The monoisotopic (exact) mass is 353 g/mol. The van der Waals surface area contributed by atoms with Gasteiger partial charge in [-0.25, -0.2) is 0 Å². The number of carbonyl (C=O) groups excluding carboxylic acids is 1. The molecule has 2 aliphatic rings. The van der Waals surface area contributed by atoms with Crippen LogP contribution in [0, 0.1) is 0 Å². The second-order valence-corrected chi connectivity index (χ2v) is 6.31. The lowest BCUT2D eigenvalue weighted by Crippen LogP contribution is -2.54. The molecule has 2 aliphatic heterocycles. The molecule has 0 saturated carbocycles. The summed E-state index contributed by atoms with van der Waals surface area (Å²) in [6.07, 6.45) is -0.514. The van der Waals surface area contributed by atoms with Crippen LogP contribution < -0.4 is 5.32 Å². The third kappa shape index (κ3) is 4.75. The third-order valence-electron chi connectivity index (χ3n) is 4.51. The first kappa shape index (κ1) is 18.2. The van der Waals surface area contributed by atoms with E-state index in [4.69, 9.17) is 14.0 Å². The van der Waals surface area contributed by atoms with E-state index in [9.17, 15) is 4.79 Å². The topological polar surface area (TPSA) is 93.0 Å². The second kappa shape index (κ2) is 8.70. The fraction of sp³-hybridized carbons (Fsp3) is 0.812. The Kier molecular flexibility index (Phi) is 6.35. The SMILES string of the molecule is CCOC(C)c1noc(CN2CCN(C(=O)C3CNCCO3)CC2)n1. The van der Waals surface area contributed by atoms with Crippen LogP contribution in [-0.4, -0.2) is 84.4 Å². The van der Waals surface area contributed by atoms with Gasteiger partial charge in [-0.1, -0.05) is 5.16 Å². The minimum Gasteiger partial charge on any atom is -0.371 e. The summed E-state index contributed by atoms with van der Waals surface area (Å²) in [5, 5.41) is 7.17. The maximum absolute atomic E-state index is 12.4. The molecule has 0 spiro atoms. The lowest BCUT2D eigenvalue weighted by molar-refractivity contribution is -0.147. The Bertz CT molecular complexity index is 552. The van der Waals surface area contributed by atoms with E-state index in [1.54, 1.807) is 0 Å². The Morgan fingerprint density at radius 2 is 2.20 bits per heavy atom. The van der Waals surface area contributed by atoms with Gasteiger partial charge < -0.3 is 24.2 Å². The number of carbonyl (C=O) groups is 1. The van der Waals surface area contributed by atoms with Crippen molar-refractivity contribution >= 4 is 5.91 Å². The summed E-state index contributed by atoms with van der Waals surface area (Å²) in [6.45, 7) is 10.00. The molecule has 0 radical (unpaired) electrons. The molecule has 3 rings (SSSR count). The molecule has 2 atom stereocenters. The smallest absolute Gasteiger partial charge is 0.253 e. The Morgan fingerprint density at radius 3 is 2.88 bits per heavy atom. The van der Waals surface area contributed by atoms with Crippen molar-refractivity contribution in [3.63, 3.8) is 0 Å². The van der Waals surface area contributed by atoms with Crippen LogP contribution in [0.25, 0.3) is 0 Å². The minimum atomic E-state index is -0.348. The van der Waals surface area contributed by atoms with Gasteiger partial charge in [0, 0.05) is 45.9 Å². The number of amides is 1. The minimum absolute atomic E-state index is 0.0810. The summed E-state index contributed by atoms with van der Waals surface area (Å²) < 4.78 is 16.3. The average molecular weight is 353 g/mol. The standard InChI is InChI=1S/C16H27N5O4/c1-3-23-12(2)15-18-14(25-19-15)11-20-5-7-21(8-6-20)16(22)13-10-17-4-9-24-13/h12-13,17H,3-11H2,1-2H3. The fourth-order valence-corrected chi connectivity index (χ4v) is 3.07.